The van der Waals surface area contributed by atoms with E-state index in [1.54, 1.807) is 52.0 Å². The summed E-state index contributed by atoms with van der Waals surface area (Å²) in [4.78, 5) is 24.3. The molecule has 0 aliphatic rings. The van der Waals surface area contributed by atoms with Crippen LogP contribution in [0.3, 0.4) is 0 Å². The van der Waals surface area contributed by atoms with E-state index in [2.05, 4.69) is 15.4 Å². The lowest BCUT2D eigenvalue weighted by atomic mass is 10.0. The van der Waals surface area contributed by atoms with E-state index >= 15 is 0 Å². The third-order valence-electron chi connectivity index (χ3n) is 2.82. The van der Waals surface area contributed by atoms with Gasteiger partial charge in [-0.1, -0.05) is 18.2 Å². The summed E-state index contributed by atoms with van der Waals surface area (Å²) in [5.41, 5.74) is 0.422. The Morgan fingerprint density at radius 1 is 1.13 bits per heavy atom. The number of ether oxygens (including phenoxy) is 2. The van der Waals surface area contributed by atoms with Crippen molar-refractivity contribution in [3.05, 3.63) is 35.5 Å². The van der Waals surface area contributed by atoms with Crippen LogP contribution in [0.5, 0.6) is 0 Å². The van der Waals surface area contributed by atoms with Crippen molar-refractivity contribution in [3.63, 3.8) is 0 Å². The van der Waals surface area contributed by atoms with Crippen LogP contribution in [0.2, 0.25) is 0 Å². The van der Waals surface area contributed by atoms with Crippen molar-refractivity contribution < 1.29 is 19.1 Å². The number of rotatable bonds is 4. The smallest absolute Gasteiger partial charge is 0.361 e. The highest BCUT2D eigenvalue weighted by Gasteiger charge is 2.25. The average Bonchev–Trinajstić information content (AvgIpc) is 2.95. The molecule has 23 heavy (non-hydrogen) atoms. The molecule has 2 rings (SSSR count). The first-order valence-electron chi connectivity index (χ1n) is 7.24. The summed E-state index contributed by atoms with van der Waals surface area (Å²) in [6.07, 6.45) is 0. The zero-order valence-corrected chi connectivity index (χ0v) is 13.5. The van der Waals surface area contributed by atoms with E-state index in [0.717, 1.165) is 0 Å². The molecular weight excluding hydrogens is 298 g/mol. The summed E-state index contributed by atoms with van der Waals surface area (Å²) in [7, 11) is 0. The number of carbonyl (C=O) groups is 2. The Balaban J connectivity index is 2.44. The van der Waals surface area contributed by atoms with Gasteiger partial charge in [-0.3, -0.25) is 0 Å². The van der Waals surface area contributed by atoms with Gasteiger partial charge in [0, 0.05) is 5.56 Å². The number of nitrogens with zero attached hydrogens (tertiary/aromatic N) is 2. The largest absolute Gasteiger partial charge is 0.461 e. The van der Waals surface area contributed by atoms with E-state index in [4.69, 9.17) is 9.47 Å². The second-order valence-corrected chi connectivity index (χ2v) is 5.79. The number of hydrogen-bond acceptors (Lipinski definition) is 6. The van der Waals surface area contributed by atoms with Gasteiger partial charge in [-0.15, -0.1) is 5.10 Å². The lowest BCUT2D eigenvalue weighted by Crippen LogP contribution is -2.24. The molecule has 1 heterocycles. The summed E-state index contributed by atoms with van der Waals surface area (Å²) in [5.74, 6) is -1.10. The summed E-state index contributed by atoms with van der Waals surface area (Å²) >= 11 is 0. The molecule has 0 aliphatic heterocycles. The lowest BCUT2D eigenvalue weighted by Gasteiger charge is -2.20. The third kappa shape index (κ3) is 3.94. The number of aromatic nitrogens is 3. The van der Waals surface area contributed by atoms with Crippen molar-refractivity contribution in [1.82, 2.24) is 15.4 Å². The Morgan fingerprint density at radius 2 is 1.83 bits per heavy atom. The van der Waals surface area contributed by atoms with Gasteiger partial charge in [0.1, 0.15) is 11.3 Å². The predicted octanol–water partition coefficient (Wildman–Crippen LogP) is 2.60. The van der Waals surface area contributed by atoms with Crippen LogP contribution in [0.15, 0.2) is 24.3 Å². The fraction of sp³-hybridized carbons (Fsp3) is 0.375. The van der Waals surface area contributed by atoms with Gasteiger partial charge in [0.25, 0.3) is 0 Å². The van der Waals surface area contributed by atoms with Crippen molar-refractivity contribution in [2.75, 3.05) is 6.61 Å². The molecule has 1 aromatic carbocycles. The molecule has 0 bridgehead atoms. The molecule has 7 nitrogen and oxygen atoms in total. The number of carbonyl (C=O) groups excluding carboxylic acids is 2. The Kier molecular flexibility index (Phi) is 4.78. The van der Waals surface area contributed by atoms with Gasteiger partial charge in [-0.25, -0.2) is 9.59 Å². The van der Waals surface area contributed by atoms with Gasteiger partial charge in [-0.05, 0) is 33.8 Å². The number of esters is 2. The molecule has 0 aliphatic carbocycles. The number of H-pyrrole nitrogens is 1. The Bertz CT molecular complexity index is 716. The molecule has 1 aromatic heterocycles. The number of aromatic amines is 1. The molecule has 7 heteroatoms. The van der Waals surface area contributed by atoms with Crippen LogP contribution < -0.4 is 0 Å². The maximum atomic E-state index is 12.4. The Hall–Kier alpha value is -2.70. The minimum Gasteiger partial charge on any atom is -0.461 e. The van der Waals surface area contributed by atoms with Crippen molar-refractivity contribution in [1.29, 1.82) is 0 Å². The maximum absolute atomic E-state index is 12.4. The summed E-state index contributed by atoms with van der Waals surface area (Å²) in [5, 5.41) is 10.2. The van der Waals surface area contributed by atoms with Crippen LogP contribution in [0.1, 0.15) is 48.5 Å². The number of hydrogen-bond donors (Lipinski definition) is 1. The molecule has 0 unspecified atom stereocenters. The molecule has 2 aromatic rings. The fourth-order valence-corrected chi connectivity index (χ4v) is 1.96. The quantitative estimate of drug-likeness (QED) is 0.871. The van der Waals surface area contributed by atoms with Crippen LogP contribution in [0.25, 0.3) is 11.3 Å². The highest BCUT2D eigenvalue weighted by atomic mass is 16.6. The van der Waals surface area contributed by atoms with Crippen LogP contribution in [0, 0.1) is 0 Å². The van der Waals surface area contributed by atoms with E-state index in [1.165, 1.54) is 0 Å². The van der Waals surface area contributed by atoms with Crippen LogP contribution in [0.4, 0.5) is 0 Å². The van der Waals surface area contributed by atoms with E-state index in [9.17, 15) is 9.59 Å². The van der Waals surface area contributed by atoms with E-state index in [-0.39, 0.29) is 18.0 Å². The van der Waals surface area contributed by atoms with E-state index in [0.29, 0.717) is 11.1 Å². The molecule has 0 saturated heterocycles. The predicted molar refractivity (Wildman–Crippen MR) is 82.9 cm³/mol. The van der Waals surface area contributed by atoms with Crippen molar-refractivity contribution in [3.8, 4) is 11.3 Å². The molecule has 0 amide bonds. The van der Waals surface area contributed by atoms with Gasteiger partial charge >= 0.3 is 11.9 Å². The van der Waals surface area contributed by atoms with Crippen LogP contribution in [-0.2, 0) is 9.47 Å². The Labute approximate surface area is 134 Å². The number of benzene rings is 1. The van der Waals surface area contributed by atoms with Crippen molar-refractivity contribution >= 4 is 11.9 Å². The second kappa shape index (κ2) is 6.60. The van der Waals surface area contributed by atoms with E-state index in [1.807, 2.05) is 0 Å². The topological polar surface area (TPSA) is 94.2 Å². The van der Waals surface area contributed by atoms with Gasteiger partial charge < -0.3 is 9.47 Å². The first kappa shape index (κ1) is 16.7. The van der Waals surface area contributed by atoms with Crippen LogP contribution >= 0.6 is 0 Å². The first-order chi connectivity index (χ1) is 10.8. The summed E-state index contributed by atoms with van der Waals surface area (Å²) in [6, 6.07) is 6.76. The minimum atomic E-state index is -0.627. The first-order valence-corrected chi connectivity index (χ1v) is 7.24. The molecular formula is C16H19N3O4. The molecule has 0 spiro atoms. The standard InChI is InChI=1S/C16H19N3O4/c1-5-22-15(21)13-12(17-19-18-13)10-8-6-7-9-11(10)14(20)23-16(2,3)4/h6-9H,5H2,1-4H3,(H,17,18,19). The highest BCUT2D eigenvalue weighted by molar-refractivity contribution is 6.01. The van der Waals surface area contributed by atoms with Crippen molar-refractivity contribution in [2.45, 2.75) is 33.3 Å². The SMILES string of the molecule is CCOC(=O)c1n[nH]nc1-c1ccccc1C(=O)OC(C)(C)C. The minimum absolute atomic E-state index is 0.0304. The average molecular weight is 317 g/mol. The van der Waals surface area contributed by atoms with Crippen LogP contribution in [-0.4, -0.2) is 39.6 Å². The normalized spacial score (nSPS) is 11.1. The zero-order valence-electron chi connectivity index (χ0n) is 13.5. The summed E-state index contributed by atoms with van der Waals surface area (Å²) in [6.45, 7) is 7.28. The second-order valence-electron chi connectivity index (χ2n) is 5.79. The van der Waals surface area contributed by atoms with Gasteiger partial charge in [0.2, 0.25) is 0 Å². The maximum Gasteiger partial charge on any atom is 0.361 e. The fourth-order valence-electron chi connectivity index (χ4n) is 1.96. The van der Waals surface area contributed by atoms with Crippen molar-refractivity contribution in [2.24, 2.45) is 0 Å². The monoisotopic (exact) mass is 317 g/mol. The number of nitrogens with one attached hydrogen (secondary N) is 1. The molecule has 0 saturated carbocycles. The van der Waals surface area contributed by atoms with E-state index < -0.39 is 17.5 Å². The van der Waals surface area contributed by atoms with Gasteiger partial charge in [0.15, 0.2) is 5.69 Å². The molecule has 0 fully saturated rings. The zero-order chi connectivity index (χ0) is 17.0. The Morgan fingerprint density at radius 3 is 2.48 bits per heavy atom. The highest BCUT2D eigenvalue weighted by Crippen LogP contribution is 2.26. The molecule has 122 valence electrons. The molecule has 1 N–H and O–H groups in total. The molecule has 0 atom stereocenters. The van der Waals surface area contributed by atoms with Gasteiger partial charge in [0.05, 0.1) is 12.2 Å². The van der Waals surface area contributed by atoms with Gasteiger partial charge in [-0.2, -0.15) is 10.3 Å². The molecule has 0 radical (unpaired) electrons. The summed E-state index contributed by atoms with van der Waals surface area (Å²) < 4.78 is 10.3. The third-order valence-corrected chi connectivity index (χ3v) is 2.82. The lowest BCUT2D eigenvalue weighted by molar-refractivity contribution is 0.00700.